The van der Waals surface area contributed by atoms with E-state index >= 15 is 0 Å². The Morgan fingerprint density at radius 1 is 1.03 bits per heavy atom. The number of allylic oxidation sites excluding steroid dienone is 1. The molecule has 10 nitrogen and oxygen atoms in total. The Labute approximate surface area is 358 Å². The molecule has 1 amide bonds. The summed E-state index contributed by atoms with van der Waals surface area (Å²) in [7, 11) is 0. The zero-order chi connectivity index (χ0) is 41.6. The lowest BCUT2D eigenvalue weighted by Gasteiger charge is -2.59. The van der Waals surface area contributed by atoms with E-state index in [0.29, 0.717) is 37.3 Å². The van der Waals surface area contributed by atoms with Crippen molar-refractivity contribution in [1.29, 1.82) is 0 Å². The Morgan fingerprint density at radius 3 is 2.47 bits per heavy atom. The van der Waals surface area contributed by atoms with Gasteiger partial charge in [-0.15, -0.1) is 29.9 Å². The summed E-state index contributed by atoms with van der Waals surface area (Å²) in [5, 5.41) is 24.7. The monoisotopic (exact) mass is 846 g/mol. The number of carbonyl (C=O) groups is 1. The van der Waals surface area contributed by atoms with E-state index in [1.54, 1.807) is 22.7 Å². The van der Waals surface area contributed by atoms with Crippen LogP contribution in [0.4, 0.5) is 4.79 Å². The smallest absolute Gasteiger partial charge is 0.410 e. The Balaban J connectivity index is 1.56. The molecule has 2 aliphatic carbocycles. The second kappa shape index (κ2) is 22.0. The summed E-state index contributed by atoms with van der Waals surface area (Å²) in [5.41, 5.74) is 3.65. The van der Waals surface area contributed by atoms with Gasteiger partial charge in [0.1, 0.15) is 36.5 Å². The van der Waals surface area contributed by atoms with E-state index in [2.05, 4.69) is 18.7 Å². The summed E-state index contributed by atoms with van der Waals surface area (Å²) in [5.74, 6) is 0.372. The first-order valence-electron chi connectivity index (χ1n) is 21.0. The lowest BCUT2D eigenvalue weighted by atomic mass is 9.55. The number of unbranched alkanes of at least 4 members (excludes halogenated alkanes) is 2. The summed E-state index contributed by atoms with van der Waals surface area (Å²) in [6, 6.07) is 23.2. The highest BCUT2D eigenvalue weighted by atomic mass is 35.5. The molecule has 3 aliphatic rings. The zero-order valence-corrected chi connectivity index (χ0v) is 35.9. The molecule has 2 N–H and O–H groups in total. The van der Waals surface area contributed by atoms with E-state index in [1.807, 2.05) is 79.9 Å². The van der Waals surface area contributed by atoms with Crippen molar-refractivity contribution in [3.05, 3.63) is 108 Å². The van der Waals surface area contributed by atoms with Crippen LogP contribution in [0.15, 0.2) is 107 Å². The minimum Gasteiger partial charge on any atom is -0.459 e. The molecule has 1 saturated carbocycles. The van der Waals surface area contributed by atoms with Gasteiger partial charge in [-0.2, -0.15) is 0 Å². The fraction of sp³-hybridized carbons (Fsp3) is 0.489. The fourth-order valence-electron chi connectivity index (χ4n) is 9.07. The van der Waals surface area contributed by atoms with Crippen molar-refractivity contribution < 1.29 is 38.8 Å². The molecule has 1 aliphatic heterocycles. The summed E-state index contributed by atoms with van der Waals surface area (Å²) >= 11 is 7.71. The van der Waals surface area contributed by atoms with Crippen LogP contribution in [-0.2, 0) is 20.9 Å². The van der Waals surface area contributed by atoms with Gasteiger partial charge in [-0.05, 0) is 104 Å². The van der Waals surface area contributed by atoms with Gasteiger partial charge in [0.2, 0.25) is 5.79 Å². The summed E-state index contributed by atoms with van der Waals surface area (Å²) in [6.07, 6.45) is 11.2. The standard InChI is InChI=1S/C47H59ClN2O8S/c1-4-24-50(46(53)54-28-23-48)43-31-41(49-56-32-33-13-7-6-8-14-33)39-29-34(15-9-11-25-51)38(16-10-12-26-52)44-40-30-36(57-35-17-20-37(59-3)21-18-35)19-22-42(40)58-47(43,45(39)44)55-27-5-2/h5-8,13-14,17-22,29-30,34,38,43-45,51-52H,2,4,9-12,15-16,23-28,31-32H2,1,3H3. The topological polar surface area (TPSA) is 119 Å². The van der Waals surface area contributed by atoms with E-state index in [1.165, 1.54) is 0 Å². The SMILES string of the molecule is C=CCOC12Oc3ccc(Oc4ccc(SC)cc4)cc3C3C(CCCCO)C(CCCCO)C=C(C(=NOCc4ccccc4)CC1N(CCC)C(=O)OCCCl)C32. The number of aliphatic hydroxyl groups is 2. The van der Waals surface area contributed by atoms with Crippen LogP contribution in [0.3, 0.4) is 0 Å². The number of benzene rings is 3. The van der Waals surface area contributed by atoms with Crippen molar-refractivity contribution in [3.8, 4) is 17.2 Å². The van der Waals surface area contributed by atoms with Crippen LogP contribution in [0.1, 0.15) is 75.3 Å². The van der Waals surface area contributed by atoms with Crippen LogP contribution in [0, 0.1) is 17.8 Å². The van der Waals surface area contributed by atoms with Crippen molar-refractivity contribution in [2.24, 2.45) is 22.9 Å². The van der Waals surface area contributed by atoms with Gasteiger partial charge in [-0.3, -0.25) is 4.90 Å². The Morgan fingerprint density at radius 2 is 1.78 bits per heavy atom. The molecule has 3 aromatic carbocycles. The van der Waals surface area contributed by atoms with E-state index in [-0.39, 0.29) is 63.1 Å². The first-order chi connectivity index (χ1) is 28.9. The van der Waals surface area contributed by atoms with Gasteiger partial charge >= 0.3 is 6.09 Å². The third-order valence-electron chi connectivity index (χ3n) is 11.6. The maximum Gasteiger partial charge on any atom is 0.410 e. The van der Waals surface area contributed by atoms with Gasteiger partial charge in [-0.1, -0.05) is 67.4 Å². The Bertz CT molecular complexity index is 1880. The highest BCUT2D eigenvalue weighted by molar-refractivity contribution is 7.98. The van der Waals surface area contributed by atoms with E-state index in [4.69, 9.17) is 40.5 Å². The number of hydrogen-bond acceptors (Lipinski definition) is 10. The second-order valence-electron chi connectivity index (χ2n) is 15.3. The number of aliphatic hydroxyl groups excluding tert-OH is 2. The molecule has 0 spiro atoms. The van der Waals surface area contributed by atoms with Crippen LogP contribution in [0.5, 0.6) is 17.2 Å². The number of alkyl halides is 1. The number of fused-ring (bicyclic) bond motifs is 2. The molecule has 0 saturated heterocycles. The number of nitrogens with zero attached hydrogens (tertiary/aromatic N) is 2. The van der Waals surface area contributed by atoms with Crippen LogP contribution in [0.25, 0.3) is 0 Å². The molecule has 6 rings (SSSR count). The predicted octanol–water partition coefficient (Wildman–Crippen LogP) is 10.1. The molecule has 3 aromatic rings. The zero-order valence-electron chi connectivity index (χ0n) is 34.3. The van der Waals surface area contributed by atoms with Gasteiger partial charge in [0.05, 0.1) is 24.1 Å². The average Bonchev–Trinajstić information content (AvgIpc) is 3.26. The maximum absolute atomic E-state index is 14.1. The summed E-state index contributed by atoms with van der Waals surface area (Å²) < 4.78 is 26.6. The summed E-state index contributed by atoms with van der Waals surface area (Å²) in [4.78, 5) is 23.2. The number of carbonyl (C=O) groups excluding carboxylic acids is 1. The molecule has 0 aromatic heterocycles. The number of rotatable bonds is 22. The minimum absolute atomic E-state index is 0.0567. The first kappa shape index (κ1) is 44.5. The van der Waals surface area contributed by atoms with Crippen LogP contribution in [0.2, 0.25) is 0 Å². The molecule has 6 unspecified atom stereocenters. The van der Waals surface area contributed by atoms with Crippen LogP contribution in [-0.4, -0.2) is 83.9 Å². The quantitative estimate of drug-likeness (QED) is 0.0335. The number of ether oxygens (including phenoxy) is 4. The van der Waals surface area contributed by atoms with Crippen LogP contribution >= 0.6 is 23.4 Å². The van der Waals surface area contributed by atoms with Gasteiger partial charge in [-0.25, -0.2) is 4.79 Å². The number of thioether (sulfide) groups is 1. The van der Waals surface area contributed by atoms with Gasteiger partial charge in [0.25, 0.3) is 0 Å². The van der Waals surface area contributed by atoms with Crippen molar-refractivity contribution in [2.75, 3.05) is 45.1 Å². The minimum atomic E-state index is -1.38. The van der Waals surface area contributed by atoms with E-state index in [9.17, 15) is 15.0 Å². The Hall–Kier alpha value is -4.00. The number of oxime groups is 1. The van der Waals surface area contributed by atoms with Crippen LogP contribution < -0.4 is 9.47 Å². The lowest BCUT2D eigenvalue weighted by molar-refractivity contribution is -0.255. The average molecular weight is 848 g/mol. The largest absolute Gasteiger partial charge is 0.459 e. The summed E-state index contributed by atoms with van der Waals surface area (Å²) in [6.45, 7) is 7.13. The molecule has 0 radical (unpaired) electrons. The normalized spacial score (nSPS) is 23.6. The van der Waals surface area contributed by atoms with Crippen molar-refractivity contribution in [2.45, 2.75) is 87.5 Å². The fourth-order valence-corrected chi connectivity index (χ4v) is 9.56. The molecule has 318 valence electrons. The molecule has 59 heavy (non-hydrogen) atoms. The predicted molar refractivity (Wildman–Crippen MR) is 234 cm³/mol. The molecule has 6 atom stereocenters. The highest BCUT2D eigenvalue weighted by Crippen LogP contribution is 2.62. The van der Waals surface area contributed by atoms with Crippen molar-refractivity contribution in [3.63, 3.8) is 0 Å². The van der Waals surface area contributed by atoms with Crippen molar-refractivity contribution >= 4 is 35.2 Å². The Kier molecular flexibility index (Phi) is 16.6. The van der Waals surface area contributed by atoms with Gasteiger partial charge in [0, 0.05) is 42.6 Å². The first-order valence-corrected chi connectivity index (χ1v) is 22.7. The second-order valence-corrected chi connectivity index (χ2v) is 16.6. The molecule has 12 heteroatoms. The van der Waals surface area contributed by atoms with E-state index < -0.39 is 23.8 Å². The number of hydrogen-bond donors (Lipinski definition) is 2. The molecule has 1 fully saturated rings. The molecule has 1 heterocycles. The third-order valence-corrected chi connectivity index (χ3v) is 12.5. The van der Waals surface area contributed by atoms with Crippen molar-refractivity contribution in [1.82, 2.24) is 4.90 Å². The third kappa shape index (κ3) is 10.5. The van der Waals surface area contributed by atoms with E-state index in [0.717, 1.165) is 58.7 Å². The van der Waals surface area contributed by atoms with Gasteiger partial charge in [0.15, 0.2) is 0 Å². The maximum atomic E-state index is 14.1. The highest BCUT2D eigenvalue weighted by Gasteiger charge is 2.65. The lowest BCUT2D eigenvalue weighted by Crippen LogP contribution is -2.70. The number of amides is 1. The molecular weight excluding hydrogens is 788 g/mol. The molecular formula is C47H59ClN2O8S. The van der Waals surface area contributed by atoms with Gasteiger partial charge < -0.3 is 34.0 Å². The molecule has 0 bridgehead atoms. The number of halogens is 1.